The molecule has 0 aromatic rings. The van der Waals surface area contributed by atoms with Crippen molar-refractivity contribution in [2.24, 2.45) is 5.92 Å². The first-order chi connectivity index (χ1) is 6.26. The standard InChI is InChI=1S/C7H12.C6H12/c1-3-4-7-5-6(7)2;1-3-5-6-4-2/h4,6H,3,5H2,1-2H3;3H,1,4-6H2,2H3. The molecule has 1 atom stereocenters. The largest absolute Gasteiger partial charge is 0.103 e. The fourth-order valence-electron chi connectivity index (χ4n) is 1.19. The van der Waals surface area contributed by atoms with Gasteiger partial charge in [0.05, 0.1) is 0 Å². The Morgan fingerprint density at radius 2 is 2.08 bits per heavy atom. The van der Waals surface area contributed by atoms with E-state index >= 15 is 0 Å². The second-order valence-electron chi connectivity index (χ2n) is 3.72. The summed E-state index contributed by atoms with van der Waals surface area (Å²) in [6.07, 6.45) is 10.6. The maximum atomic E-state index is 3.60. The fraction of sp³-hybridized carbons (Fsp3) is 0.692. The highest BCUT2D eigenvalue weighted by Crippen LogP contribution is 2.36. The summed E-state index contributed by atoms with van der Waals surface area (Å²) in [4.78, 5) is 0. The van der Waals surface area contributed by atoms with Gasteiger partial charge in [0.15, 0.2) is 0 Å². The van der Waals surface area contributed by atoms with Crippen molar-refractivity contribution in [1.29, 1.82) is 0 Å². The van der Waals surface area contributed by atoms with Gasteiger partial charge in [-0.05, 0) is 25.2 Å². The molecule has 1 fully saturated rings. The van der Waals surface area contributed by atoms with Gasteiger partial charge in [-0.2, -0.15) is 0 Å². The SMILES string of the molecule is C=CCCCC.CCC=C1CC1C. The monoisotopic (exact) mass is 180 g/mol. The Kier molecular flexibility index (Phi) is 7.77. The van der Waals surface area contributed by atoms with E-state index in [9.17, 15) is 0 Å². The first kappa shape index (κ1) is 12.5. The molecule has 0 aromatic heterocycles. The Morgan fingerprint density at radius 1 is 1.46 bits per heavy atom. The van der Waals surface area contributed by atoms with Crippen molar-refractivity contribution in [2.75, 3.05) is 0 Å². The zero-order valence-corrected chi connectivity index (χ0v) is 9.47. The van der Waals surface area contributed by atoms with Crippen molar-refractivity contribution in [3.05, 3.63) is 24.3 Å². The van der Waals surface area contributed by atoms with E-state index in [-0.39, 0.29) is 0 Å². The Balaban J connectivity index is 0.000000226. The van der Waals surface area contributed by atoms with Crippen molar-refractivity contribution < 1.29 is 0 Å². The predicted octanol–water partition coefficient (Wildman–Crippen LogP) is 4.73. The molecule has 0 aliphatic heterocycles. The van der Waals surface area contributed by atoms with Gasteiger partial charge in [-0.1, -0.05) is 51.3 Å². The average molecular weight is 180 g/mol. The van der Waals surface area contributed by atoms with E-state index in [1.54, 1.807) is 5.57 Å². The van der Waals surface area contributed by atoms with Crippen LogP contribution >= 0.6 is 0 Å². The lowest BCUT2D eigenvalue weighted by Gasteiger charge is -1.81. The minimum atomic E-state index is 0.931. The number of unbranched alkanes of at least 4 members (excludes halogenated alkanes) is 2. The Bertz CT molecular complexity index is 153. The van der Waals surface area contributed by atoms with E-state index < -0.39 is 0 Å². The van der Waals surface area contributed by atoms with E-state index in [0.717, 1.165) is 5.92 Å². The van der Waals surface area contributed by atoms with Crippen LogP contribution in [0.1, 0.15) is 52.9 Å². The third-order valence-corrected chi connectivity index (χ3v) is 2.24. The quantitative estimate of drug-likeness (QED) is 0.433. The summed E-state index contributed by atoms with van der Waals surface area (Å²) in [5.41, 5.74) is 1.67. The van der Waals surface area contributed by atoms with Crippen LogP contribution in [0, 0.1) is 5.92 Å². The van der Waals surface area contributed by atoms with Gasteiger partial charge in [-0.25, -0.2) is 0 Å². The molecule has 0 saturated heterocycles. The molecular weight excluding hydrogens is 156 g/mol. The van der Waals surface area contributed by atoms with Crippen LogP contribution in [0.3, 0.4) is 0 Å². The van der Waals surface area contributed by atoms with E-state index in [1.807, 2.05) is 6.08 Å². The fourth-order valence-corrected chi connectivity index (χ4v) is 1.19. The molecule has 1 unspecified atom stereocenters. The van der Waals surface area contributed by atoms with E-state index in [1.165, 1.54) is 32.1 Å². The molecule has 0 nitrogen and oxygen atoms in total. The zero-order valence-electron chi connectivity index (χ0n) is 9.47. The number of allylic oxidation sites excluding steroid dienone is 3. The molecule has 0 N–H and O–H groups in total. The number of hydrogen-bond acceptors (Lipinski definition) is 0. The van der Waals surface area contributed by atoms with Crippen LogP contribution in [0.5, 0.6) is 0 Å². The molecule has 0 bridgehead atoms. The number of rotatable bonds is 4. The van der Waals surface area contributed by atoms with Gasteiger partial charge >= 0.3 is 0 Å². The molecule has 1 rings (SSSR count). The molecule has 0 aromatic carbocycles. The summed E-state index contributed by atoms with van der Waals surface area (Å²) in [5.74, 6) is 0.931. The third-order valence-electron chi connectivity index (χ3n) is 2.24. The number of hydrogen-bond donors (Lipinski definition) is 0. The molecule has 0 radical (unpaired) electrons. The topological polar surface area (TPSA) is 0 Å². The first-order valence-electron chi connectivity index (χ1n) is 5.56. The van der Waals surface area contributed by atoms with Crippen LogP contribution in [0.2, 0.25) is 0 Å². The highest BCUT2D eigenvalue weighted by atomic mass is 14.3. The van der Waals surface area contributed by atoms with Gasteiger partial charge in [0, 0.05) is 0 Å². The first-order valence-corrected chi connectivity index (χ1v) is 5.56. The highest BCUT2D eigenvalue weighted by Gasteiger charge is 2.22. The molecule has 0 heteroatoms. The molecule has 1 saturated carbocycles. The summed E-state index contributed by atoms with van der Waals surface area (Å²) in [6.45, 7) is 10.3. The summed E-state index contributed by atoms with van der Waals surface area (Å²) >= 11 is 0. The molecule has 1 aliphatic carbocycles. The Morgan fingerprint density at radius 3 is 2.23 bits per heavy atom. The highest BCUT2D eigenvalue weighted by molar-refractivity contribution is 5.21. The van der Waals surface area contributed by atoms with Crippen LogP contribution in [0.15, 0.2) is 24.3 Å². The van der Waals surface area contributed by atoms with Crippen molar-refractivity contribution in [2.45, 2.75) is 52.9 Å². The lowest BCUT2D eigenvalue weighted by atomic mass is 10.3. The molecule has 13 heavy (non-hydrogen) atoms. The van der Waals surface area contributed by atoms with Crippen molar-refractivity contribution >= 4 is 0 Å². The average Bonchev–Trinajstić information content (AvgIpc) is 2.80. The maximum Gasteiger partial charge on any atom is -0.0194 e. The van der Waals surface area contributed by atoms with Crippen molar-refractivity contribution in [3.8, 4) is 0 Å². The van der Waals surface area contributed by atoms with Crippen molar-refractivity contribution in [3.63, 3.8) is 0 Å². The van der Waals surface area contributed by atoms with Gasteiger partial charge in [0.2, 0.25) is 0 Å². The van der Waals surface area contributed by atoms with E-state index in [4.69, 9.17) is 0 Å². The van der Waals surface area contributed by atoms with Gasteiger partial charge < -0.3 is 0 Å². The van der Waals surface area contributed by atoms with E-state index in [2.05, 4.69) is 33.4 Å². The van der Waals surface area contributed by atoms with Crippen molar-refractivity contribution in [1.82, 2.24) is 0 Å². The molecule has 76 valence electrons. The molecule has 1 aliphatic rings. The Hall–Kier alpha value is -0.520. The summed E-state index contributed by atoms with van der Waals surface area (Å²) in [6, 6.07) is 0. The minimum absolute atomic E-state index is 0.931. The normalized spacial score (nSPS) is 22.1. The molecule has 0 heterocycles. The smallest absolute Gasteiger partial charge is 0.0194 e. The summed E-state index contributed by atoms with van der Waals surface area (Å²) in [7, 11) is 0. The maximum absolute atomic E-state index is 3.60. The van der Waals surface area contributed by atoms with Crippen LogP contribution in [-0.4, -0.2) is 0 Å². The Labute approximate surface area is 83.7 Å². The van der Waals surface area contributed by atoms with Gasteiger partial charge in [0.25, 0.3) is 0 Å². The lowest BCUT2D eigenvalue weighted by Crippen LogP contribution is -1.61. The van der Waals surface area contributed by atoms with Crippen LogP contribution in [0.25, 0.3) is 0 Å². The summed E-state index contributed by atoms with van der Waals surface area (Å²) < 4.78 is 0. The van der Waals surface area contributed by atoms with Gasteiger partial charge in [-0.3, -0.25) is 0 Å². The van der Waals surface area contributed by atoms with Crippen LogP contribution in [-0.2, 0) is 0 Å². The predicted molar refractivity (Wildman–Crippen MR) is 61.9 cm³/mol. The third kappa shape index (κ3) is 7.83. The van der Waals surface area contributed by atoms with Crippen LogP contribution < -0.4 is 0 Å². The minimum Gasteiger partial charge on any atom is -0.103 e. The summed E-state index contributed by atoms with van der Waals surface area (Å²) in [5, 5.41) is 0. The van der Waals surface area contributed by atoms with Gasteiger partial charge in [-0.15, -0.1) is 6.58 Å². The second kappa shape index (κ2) is 8.10. The lowest BCUT2D eigenvalue weighted by molar-refractivity contribution is 0.816. The molecule has 0 spiro atoms. The zero-order chi connectivity index (χ0) is 10.1. The van der Waals surface area contributed by atoms with E-state index in [0.29, 0.717) is 0 Å². The van der Waals surface area contributed by atoms with Crippen LogP contribution in [0.4, 0.5) is 0 Å². The molecular formula is C13H24. The second-order valence-corrected chi connectivity index (χ2v) is 3.72. The van der Waals surface area contributed by atoms with Gasteiger partial charge in [0.1, 0.15) is 0 Å². The molecule has 0 amide bonds.